The van der Waals surface area contributed by atoms with E-state index in [-0.39, 0.29) is 5.92 Å². The monoisotopic (exact) mass is 237 g/mol. The summed E-state index contributed by atoms with van der Waals surface area (Å²) in [5.74, 6) is 0.642. The molecule has 0 unspecified atom stereocenters. The summed E-state index contributed by atoms with van der Waals surface area (Å²) in [5.41, 5.74) is 0. The van der Waals surface area contributed by atoms with Crippen LogP contribution in [0.5, 0.6) is 0 Å². The number of carbonyl (C=O) groups excluding carboxylic acids is 1. The second-order valence-electron chi connectivity index (χ2n) is 5.64. The summed E-state index contributed by atoms with van der Waals surface area (Å²) in [6.45, 7) is 6.06. The van der Waals surface area contributed by atoms with E-state index in [2.05, 4.69) is 15.1 Å². The van der Waals surface area contributed by atoms with Gasteiger partial charge >= 0.3 is 0 Å². The first kappa shape index (κ1) is 11.5. The van der Waals surface area contributed by atoms with E-state index in [1.165, 1.54) is 12.8 Å². The zero-order chi connectivity index (χ0) is 11.7. The first-order valence-electron chi connectivity index (χ1n) is 7.08. The fourth-order valence-electron chi connectivity index (χ4n) is 3.07. The van der Waals surface area contributed by atoms with Gasteiger partial charge in [-0.1, -0.05) is 0 Å². The first-order chi connectivity index (χ1) is 8.34. The maximum absolute atomic E-state index is 12.3. The predicted octanol–water partition coefficient (Wildman–Crippen LogP) is 0.293. The Hall–Kier alpha value is -0.610. The number of hydrogen-bond donors (Lipinski definition) is 1. The largest absolute Gasteiger partial charge is 0.340 e. The van der Waals surface area contributed by atoms with Gasteiger partial charge in [-0.15, -0.1) is 0 Å². The van der Waals surface area contributed by atoms with Crippen LogP contribution in [0.15, 0.2) is 0 Å². The van der Waals surface area contributed by atoms with E-state index in [4.69, 9.17) is 0 Å². The molecule has 0 aromatic rings. The van der Waals surface area contributed by atoms with Crippen molar-refractivity contribution in [3.05, 3.63) is 0 Å². The molecule has 96 valence electrons. The highest BCUT2D eigenvalue weighted by Crippen LogP contribution is 2.27. The molecule has 0 bridgehead atoms. The van der Waals surface area contributed by atoms with Gasteiger partial charge in [-0.25, -0.2) is 0 Å². The number of hydrogen-bond acceptors (Lipinski definition) is 3. The van der Waals surface area contributed by atoms with E-state index in [9.17, 15) is 4.79 Å². The number of piperazine rings is 1. The van der Waals surface area contributed by atoms with Crippen LogP contribution in [0.3, 0.4) is 0 Å². The molecule has 4 nitrogen and oxygen atoms in total. The quantitative estimate of drug-likeness (QED) is 0.750. The molecule has 2 aliphatic heterocycles. The van der Waals surface area contributed by atoms with Crippen LogP contribution in [0.4, 0.5) is 0 Å². The third-order valence-corrected chi connectivity index (χ3v) is 4.34. The van der Waals surface area contributed by atoms with Gasteiger partial charge in [0, 0.05) is 38.8 Å². The molecule has 0 radical (unpaired) electrons. The molecule has 2 heterocycles. The minimum Gasteiger partial charge on any atom is -0.340 e. The van der Waals surface area contributed by atoms with Crippen molar-refractivity contribution in [3.63, 3.8) is 0 Å². The van der Waals surface area contributed by atoms with E-state index in [0.717, 1.165) is 58.2 Å². The smallest absolute Gasteiger partial charge is 0.227 e. The molecule has 0 aromatic heterocycles. The Kier molecular flexibility index (Phi) is 3.34. The Morgan fingerprint density at radius 2 is 1.82 bits per heavy atom. The summed E-state index contributed by atoms with van der Waals surface area (Å²) in [6, 6.07) is 0.851. The van der Waals surface area contributed by atoms with Gasteiger partial charge in [-0.3, -0.25) is 9.69 Å². The predicted molar refractivity (Wildman–Crippen MR) is 66.8 cm³/mol. The molecule has 3 fully saturated rings. The lowest BCUT2D eigenvalue weighted by Gasteiger charge is -2.37. The van der Waals surface area contributed by atoms with Gasteiger partial charge < -0.3 is 10.2 Å². The van der Waals surface area contributed by atoms with Crippen molar-refractivity contribution in [2.45, 2.75) is 31.7 Å². The Bertz CT molecular complexity index is 276. The Morgan fingerprint density at radius 1 is 1.06 bits per heavy atom. The fraction of sp³-hybridized carbons (Fsp3) is 0.923. The van der Waals surface area contributed by atoms with Crippen LogP contribution in [0.1, 0.15) is 25.7 Å². The molecule has 1 amide bonds. The number of nitrogens with one attached hydrogen (secondary N) is 1. The van der Waals surface area contributed by atoms with Crippen molar-refractivity contribution in [2.75, 3.05) is 39.3 Å². The standard InChI is InChI=1S/C13H23N3O/c17-13(11-2-1-5-14-10-11)16-8-6-15(7-9-16)12-3-4-12/h11-12,14H,1-10H2/t11-/m1/s1. The average molecular weight is 237 g/mol. The number of nitrogens with zero attached hydrogens (tertiary/aromatic N) is 2. The molecule has 1 aliphatic carbocycles. The summed E-state index contributed by atoms with van der Waals surface area (Å²) in [4.78, 5) is 17.0. The summed E-state index contributed by atoms with van der Waals surface area (Å²) >= 11 is 0. The summed E-state index contributed by atoms with van der Waals surface area (Å²) in [5, 5.41) is 3.33. The molecular formula is C13H23N3O. The van der Waals surface area contributed by atoms with Gasteiger partial charge in [-0.05, 0) is 32.2 Å². The molecule has 0 aromatic carbocycles. The zero-order valence-corrected chi connectivity index (χ0v) is 10.5. The van der Waals surface area contributed by atoms with Crippen LogP contribution >= 0.6 is 0 Å². The van der Waals surface area contributed by atoms with Crippen molar-refractivity contribution < 1.29 is 4.79 Å². The van der Waals surface area contributed by atoms with E-state index in [0.29, 0.717) is 5.91 Å². The van der Waals surface area contributed by atoms with E-state index in [1.54, 1.807) is 0 Å². The maximum atomic E-state index is 12.3. The lowest BCUT2D eigenvalue weighted by molar-refractivity contribution is -0.137. The van der Waals surface area contributed by atoms with Crippen LogP contribution in [0.2, 0.25) is 0 Å². The SMILES string of the molecule is O=C([C@@H]1CCCNC1)N1CCN(C2CC2)CC1. The van der Waals surface area contributed by atoms with Crippen LogP contribution < -0.4 is 5.32 Å². The van der Waals surface area contributed by atoms with Crippen LogP contribution in [0, 0.1) is 5.92 Å². The van der Waals surface area contributed by atoms with Crippen molar-refractivity contribution in [2.24, 2.45) is 5.92 Å². The molecule has 17 heavy (non-hydrogen) atoms. The molecule has 3 aliphatic rings. The topological polar surface area (TPSA) is 35.6 Å². The van der Waals surface area contributed by atoms with Crippen molar-refractivity contribution in [3.8, 4) is 0 Å². The van der Waals surface area contributed by atoms with E-state index >= 15 is 0 Å². The summed E-state index contributed by atoms with van der Waals surface area (Å²) in [6.07, 6.45) is 4.98. The summed E-state index contributed by atoms with van der Waals surface area (Å²) in [7, 11) is 0. The minimum atomic E-state index is 0.247. The Balaban J connectivity index is 1.49. The molecule has 3 rings (SSSR count). The van der Waals surface area contributed by atoms with Gasteiger partial charge in [0.05, 0.1) is 5.92 Å². The van der Waals surface area contributed by atoms with Gasteiger partial charge in [0.25, 0.3) is 0 Å². The molecule has 1 atom stereocenters. The van der Waals surface area contributed by atoms with Gasteiger partial charge in [-0.2, -0.15) is 0 Å². The van der Waals surface area contributed by atoms with Crippen molar-refractivity contribution >= 4 is 5.91 Å². The lowest BCUT2D eigenvalue weighted by Crippen LogP contribution is -2.52. The number of carbonyl (C=O) groups is 1. The molecular weight excluding hydrogens is 214 g/mol. The highest BCUT2D eigenvalue weighted by Gasteiger charge is 2.33. The van der Waals surface area contributed by atoms with Gasteiger partial charge in [0.15, 0.2) is 0 Å². The van der Waals surface area contributed by atoms with E-state index < -0.39 is 0 Å². The van der Waals surface area contributed by atoms with Gasteiger partial charge in [0.1, 0.15) is 0 Å². The van der Waals surface area contributed by atoms with Crippen LogP contribution in [-0.2, 0) is 4.79 Å². The maximum Gasteiger partial charge on any atom is 0.227 e. The number of piperidine rings is 1. The van der Waals surface area contributed by atoms with Crippen LogP contribution in [-0.4, -0.2) is 61.0 Å². The average Bonchev–Trinajstić information content (AvgIpc) is 3.24. The lowest BCUT2D eigenvalue weighted by atomic mass is 9.98. The highest BCUT2D eigenvalue weighted by atomic mass is 16.2. The van der Waals surface area contributed by atoms with Crippen molar-refractivity contribution in [1.29, 1.82) is 0 Å². The first-order valence-corrected chi connectivity index (χ1v) is 7.08. The summed E-state index contributed by atoms with van der Waals surface area (Å²) < 4.78 is 0. The zero-order valence-electron chi connectivity index (χ0n) is 10.5. The molecule has 4 heteroatoms. The second kappa shape index (κ2) is 4.94. The molecule has 1 N–H and O–H groups in total. The van der Waals surface area contributed by atoms with Crippen molar-refractivity contribution in [1.82, 2.24) is 15.1 Å². The van der Waals surface area contributed by atoms with E-state index in [1.807, 2.05) is 0 Å². The van der Waals surface area contributed by atoms with Crippen LogP contribution in [0.25, 0.3) is 0 Å². The normalized spacial score (nSPS) is 31.5. The Labute approximate surface area is 103 Å². The third kappa shape index (κ3) is 2.63. The fourth-order valence-corrected chi connectivity index (χ4v) is 3.07. The number of amides is 1. The molecule has 1 saturated carbocycles. The Morgan fingerprint density at radius 3 is 2.41 bits per heavy atom. The molecule has 0 spiro atoms. The number of rotatable bonds is 2. The minimum absolute atomic E-state index is 0.247. The highest BCUT2D eigenvalue weighted by molar-refractivity contribution is 5.79. The second-order valence-corrected chi connectivity index (χ2v) is 5.64. The molecule has 2 saturated heterocycles. The third-order valence-electron chi connectivity index (χ3n) is 4.34. The van der Waals surface area contributed by atoms with Gasteiger partial charge in [0.2, 0.25) is 5.91 Å².